The Morgan fingerprint density at radius 3 is 3.00 bits per heavy atom. The van der Waals surface area contributed by atoms with Crippen LogP contribution in [0.25, 0.3) is 0 Å². The maximum atomic E-state index is 4.36. The standard InChI is InChI=1S/C16H25N7S/c1-12-10-19-15(24-12)11-20-16(17-2)18-8-7-14-22-21-13-6-4-3-5-9-23(13)14/h10H,3-9,11H2,1-2H3,(H2,17,18,20). The van der Waals surface area contributed by atoms with E-state index < -0.39 is 0 Å². The van der Waals surface area contributed by atoms with Crippen molar-refractivity contribution in [3.8, 4) is 0 Å². The molecule has 0 aromatic carbocycles. The zero-order chi connectivity index (χ0) is 16.8. The van der Waals surface area contributed by atoms with Crippen molar-refractivity contribution in [1.29, 1.82) is 0 Å². The number of nitrogens with zero attached hydrogens (tertiary/aromatic N) is 5. The van der Waals surface area contributed by atoms with Crippen LogP contribution in [0.15, 0.2) is 11.2 Å². The van der Waals surface area contributed by atoms with Gasteiger partial charge in [-0.3, -0.25) is 4.99 Å². The Bertz CT molecular complexity index is 688. The molecule has 3 heterocycles. The van der Waals surface area contributed by atoms with Crippen LogP contribution < -0.4 is 10.6 Å². The summed E-state index contributed by atoms with van der Waals surface area (Å²) in [7, 11) is 1.78. The predicted octanol–water partition coefficient (Wildman–Crippen LogP) is 1.68. The number of fused-ring (bicyclic) bond motifs is 1. The van der Waals surface area contributed by atoms with Gasteiger partial charge in [0, 0.05) is 44.1 Å². The topological polar surface area (TPSA) is 80.0 Å². The summed E-state index contributed by atoms with van der Waals surface area (Å²) in [4.78, 5) is 9.84. The van der Waals surface area contributed by atoms with Crippen LogP contribution in [0.2, 0.25) is 0 Å². The van der Waals surface area contributed by atoms with Gasteiger partial charge >= 0.3 is 0 Å². The van der Waals surface area contributed by atoms with E-state index in [1.165, 1.54) is 24.1 Å². The molecule has 1 aliphatic rings. The number of aliphatic imine (C=N–C) groups is 1. The van der Waals surface area contributed by atoms with Crippen molar-refractivity contribution in [2.45, 2.75) is 52.1 Å². The molecule has 0 unspecified atom stereocenters. The molecule has 2 aromatic heterocycles. The lowest BCUT2D eigenvalue weighted by Crippen LogP contribution is -2.38. The van der Waals surface area contributed by atoms with Gasteiger partial charge in [0.15, 0.2) is 5.96 Å². The summed E-state index contributed by atoms with van der Waals surface area (Å²) in [6, 6.07) is 0. The zero-order valence-electron chi connectivity index (χ0n) is 14.4. The SMILES string of the molecule is CN=C(NCCc1nnc2n1CCCCC2)NCc1ncc(C)s1. The van der Waals surface area contributed by atoms with Crippen molar-refractivity contribution in [2.75, 3.05) is 13.6 Å². The van der Waals surface area contributed by atoms with Gasteiger partial charge < -0.3 is 15.2 Å². The third-order valence-corrected chi connectivity index (χ3v) is 5.04. The molecular weight excluding hydrogens is 322 g/mol. The van der Waals surface area contributed by atoms with E-state index in [4.69, 9.17) is 0 Å². The van der Waals surface area contributed by atoms with Crippen LogP contribution in [0.3, 0.4) is 0 Å². The van der Waals surface area contributed by atoms with Gasteiger partial charge in [0.1, 0.15) is 16.7 Å². The molecule has 0 aliphatic carbocycles. The van der Waals surface area contributed by atoms with Gasteiger partial charge in [-0.2, -0.15) is 0 Å². The number of rotatable bonds is 5. The predicted molar refractivity (Wildman–Crippen MR) is 96.3 cm³/mol. The fourth-order valence-corrected chi connectivity index (χ4v) is 3.61. The average molecular weight is 347 g/mol. The highest BCUT2D eigenvalue weighted by Gasteiger charge is 2.14. The second-order valence-electron chi connectivity index (χ2n) is 5.96. The number of hydrogen-bond donors (Lipinski definition) is 2. The van der Waals surface area contributed by atoms with Crippen LogP contribution in [-0.4, -0.2) is 39.3 Å². The second kappa shape index (κ2) is 8.23. The summed E-state index contributed by atoms with van der Waals surface area (Å²) in [5.41, 5.74) is 0. The van der Waals surface area contributed by atoms with Gasteiger partial charge in [-0.25, -0.2) is 4.98 Å². The fourth-order valence-electron chi connectivity index (χ4n) is 2.89. The summed E-state index contributed by atoms with van der Waals surface area (Å²) in [6.07, 6.45) is 7.54. The Hall–Kier alpha value is -1.96. The highest BCUT2D eigenvalue weighted by molar-refractivity contribution is 7.11. The lowest BCUT2D eigenvalue weighted by molar-refractivity contribution is 0.600. The van der Waals surface area contributed by atoms with Gasteiger partial charge in [-0.15, -0.1) is 21.5 Å². The van der Waals surface area contributed by atoms with Crippen LogP contribution in [-0.2, 0) is 25.9 Å². The van der Waals surface area contributed by atoms with E-state index in [0.717, 1.165) is 48.5 Å². The molecule has 7 nitrogen and oxygen atoms in total. The molecule has 0 saturated carbocycles. The van der Waals surface area contributed by atoms with E-state index in [-0.39, 0.29) is 0 Å². The van der Waals surface area contributed by atoms with Gasteiger partial charge in [0.05, 0.1) is 6.54 Å². The molecule has 0 radical (unpaired) electrons. The summed E-state index contributed by atoms with van der Waals surface area (Å²) >= 11 is 1.70. The van der Waals surface area contributed by atoms with Crippen LogP contribution in [0, 0.1) is 6.92 Å². The molecule has 24 heavy (non-hydrogen) atoms. The second-order valence-corrected chi connectivity index (χ2v) is 7.28. The minimum absolute atomic E-state index is 0.693. The van der Waals surface area contributed by atoms with E-state index in [1.54, 1.807) is 18.4 Å². The Kier molecular flexibility index (Phi) is 5.79. The third kappa shape index (κ3) is 4.31. The summed E-state index contributed by atoms with van der Waals surface area (Å²) in [6.45, 7) is 4.59. The van der Waals surface area contributed by atoms with E-state index in [2.05, 4.69) is 42.3 Å². The molecular formula is C16H25N7S. The number of hydrogen-bond acceptors (Lipinski definition) is 5. The molecule has 2 N–H and O–H groups in total. The van der Waals surface area contributed by atoms with E-state index in [0.29, 0.717) is 6.54 Å². The van der Waals surface area contributed by atoms with Crippen molar-refractivity contribution < 1.29 is 0 Å². The first kappa shape index (κ1) is 16.9. The van der Waals surface area contributed by atoms with Crippen molar-refractivity contribution in [1.82, 2.24) is 30.4 Å². The maximum Gasteiger partial charge on any atom is 0.191 e. The molecule has 130 valence electrons. The molecule has 0 saturated heterocycles. The van der Waals surface area contributed by atoms with Crippen molar-refractivity contribution >= 4 is 17.3 Å². The molecule has 2 aromatic rings. The molecule has 0 atom stereocenters. The summed E-state index contributed by atoms with van der Waals surface area (Å²) < 4.78 is 2.29. The van der Waals surface area contributed by atoms with Gasteiger partial charge in [0.25, 0.3) is 0 Å². The molecule has 0 amide bonds. The smallest absolute Gasteiger partial charge is 0.191 e. The highest BCUT2D eigenvalue weighted by atomic mass is 32.1. The van der Waals surface area contributed by atoms with Gasteiger partial charge in [-0.1, -0.05) is 6.42 Å². The quantitative estimate of drug-likeness (QED) is 0.635. The van der Waals surface area contributed by atoms with Crippen LogP contribution in [0.4, 0.5) is 0 Å². The monoisotopic (exact) mass is 347 g/mol. The fraction of sp³-hybridized carbons (Fsp3) is 0.625. The van der Waals surface area contributed by atoms with Gasteiger partial charge in [0.2, 0.25) is 0 Å². The maximum absolute atomic E-state index is 4.36. The molecule has 1 aliphatic heterocycles. The van der Waals surface area contributed by atoms with Crippen molar-refractivity contribution in [3.05, 3.63) is 27.7 Å². The van der Waals surface area contributed by atoms with E-state index in [9.17, 15) is 0 Å². The van der Waals surface area contributed by atoms with Crippen LogP contribution in [0.5, 0.6) is 0 Å². The first-order valence-corrected chi connectivity index (χ1v) is 9.34. The Balaban J connectivity index is 1.47. The number of aryl methyl sites for hydroxylation is 2. The molecule has 0 spiro atoms. The van der Waals surface area contributed by atoms with Gasteiger partial charge in [-0.05, 0) is 19.8 Å². The number of guanidine groups is 1. The number of nitrogens with one attached hydrogen (secondary N) is 2. The largest absolute Gasteiger partial charge is 0.356 e. The van der Waals surface area contributed by atoms with Crippen LogP contribution >= 0.6 is 11.3 Å². The summed E-state index contributed by atoms with van der Waals surface area (Å²) in [5.74, 6) is 3.01. The number of aromatic nitrogens is 4. The average Bonchev–Trinajstić information content (AvgIpc) is 3.09. The lowest BCUT2D eigenvalue weighted by atomic mass is 10.2. The van der Waals surface area contributed by atoms with E-state index in [1.807, 2.05) is 6.20 Å². The first-order chi connectivity index (χ1) is 11.8. The Morgan fingerprint density at radius 1 is 1.29 bits per heavy atom. The minimum atomic E-state index is 0.693. The Labute approximate surface area is 146 Å². The molecule has 0 fully saturated rings. The molecule has 3 rings (SSSR count). The van der Waals surface area contributed by atoms with E-state index >= 15 is 0 Å². The number of thiazole rings is 1. The van der Waals surface area contributed by atoms with Crippen molar-refractivity contribution in [3.63, 3.8) is 0 Å². The van der Waals surface area contributed by atoms with Crippen LogP contribution in [0.1, 0.15) is 40.8 Å². The minimum Gasteiger partial charge on any atom is -0.356 e. The molecule has 8 heteroatoms. The lowest BCUT2D eigenvalue weighted by Gasteiger charge is -2.11. The zero-order valence-corrected chi connectivity index (χ0v) is 15.2. The first-order valence-electron chi connectivity index (χ1n) is 8.53. The normalized spacial score (nSPS) is 15.0. The third-order valence-electron chi connectivity index (χ3n) is 4.13. The van der Waals surface area contributed by atoms with Crippen molar-refractivity contribution in [2.24, 2.45) is 4.99 Å². The summed E-state index contributed by atoms with van der Waals surface area (Å²) in [5, 5.41) is 16.4. The highest BCUT2D eigenvalue weighted by Crippen LogP contribution is 2.14. The Morgan fingerprint density at radius 2 is 2.21 bits per heavy atom. The molecule has 0 bridgehead atoms.